The summed E-state index contributed by atoms with van der Waals surface area (Å²) in [4.78, 5) is 28.6. The van der Waals surface area contributed by atoms with Gasteiger partial charge < -0.3 is 19.9 Å². The van der Waals surface area contributed by atoms with Crippen LogP contribution in [0.15, 0.2) is 73.7 Å². The first-order chi connectivity index (χ1) is 20.4. The van der Waals surface area contributed by atoms with E-state index in [1.165, 1.54) is 23.1 Å². The molecule has 224 valence electrons. The fraction of sp³-hybridized carbons (Fsp3) is 0.300. The number of hydrogen-bond acceptors (Lipinski definition) is 8. The Morgan fingerprint density at radius 2 is 1.72 bits per heavy atom. The predicted octanol–water partition coefficient (Wildman–Crippen LogP) is 5.94. The summed E-state index contributed by atoms with van der Waals surface area (Å²) in [6.45, 7) is 10.6. The third kappa shape index (κ3) is 7.11. The largest absolute Gasteiger partial charge is 0.444 e. The van der Waals surface area contributed by atoms with E-state index in [2.05, 4.69) is 31.9 Å². The molecule has 1 fully saturated rings. The molecule has 43 heavy (non-hydrogen) atoms. The number of nitrogens with one attached hydrogen (secondary N) is 1. The molecule has 1 aliphatic heterocycles. The zero-order chi connectivity index (χ0) is 30.8. The third-order valence-corrected chi connectivity index (χ3v) is 6.56. The molecule has 0 unspecified atom stereocenters. The molecule has 0 atom stereocenters. The second kappa shape index (κ2) is 11.7. The van der Waals surface area contributed by atoms with E-state index in [0.29, 0.717) is 60.6 Å². The number of halogens is 3. The predicted molar refractivity (Wildman–Crippen MR) is 156 cm³/mol. The van der Waals surface area contributed by atoms with Gasteiger partial charge in [-0.05, 0) is 75.4 Å². The minimum absolute atomic E-state index is 0.288. The zero-order valence-corrected chi connectivity index (χ0v) is 24.0. The Morgan fingerprint density at radius 1 is 1.00 bits per heavy atom. The van der Waals surface area contributed by atoms with Gasteiger partial charge in [0.1, 0.15) is 17.7 Å². The Balaban J connectivity index is 1.26. The quantitative estimate of drug-likeness (QED) is 0.263. The third-order valence-electron chi connectivity index (χ3n) is 6.56. The molecule has 0 spiro atoms. The van der Waals surface area contributed by atoms with Crippen molar-refractivity contribution in [3.05, 3.63) is 85.4 Å². The van der Waals surface area contributed by atoms with Gasteiger partial charge in [-0.25, -0.2) is 28.8 Å². The zero-order valence-electron chi connectivity index (χ0n) is 24.0. The van der Waals surface area contributed by atoms with E-state index < -0.39 is 23.2 Å². The molecule has 1 aliphatic rings. The number of allylic oxidation sites excluding steroid dienone is 1. The molecular weight excluding hydrogens is 561 g/mol. The lowest BCUT2D eigenvalue weighted by Crippen LogP contribution is -2.50. The van der Waals surface area contributed by atoms with Gasteiger partial charge in [-0.3, -0.25) is 0 Å². The fourth-order valence-corrected chi connectivity index (χ4v) is 4.42. The van der Waals surface area contributed by atoms with Gasteiger partial charge >= 0.3 is 12.0 Å². The van der Waals surface area contributed by atoms with Gasteiger partial charge in [0.2, 0.25) is 11.8 Å². The average Bonchev–Trinajstić information content (AvgIpc) is 3.48. The van der Waals surface area contributed by atoms with E-state index in [4.69, 9.17) is 4.74 Å². The van der Waals surface area contributed by atoms with Crippen molar-refractivity contribution in [2.45, 2.75) is 32.3 Å². The SMILES string of the molecule is C=CC(F)(F)c1ncn(-c2ccc(Nc3nccc(-c4cc(F)cc(N5CCN(C(=O)OC(C)(C)C)CC5)c4)n3)cc2)n1. The van der Waals surface area contributed by atoms with E-state index >= 15 is 0 Å². The van der Waals surface area contributed by atoms with Crippen molar-refractivity contribution in [2.24, 2.45) is 0 Å². The maximum Gasteiger partial charge on any atom is 0.410 e. The summed E-state index contributed by atoms with van der Waals surface area (Å²) < 4.78 is 49.0. The second-order valence-corrected chi connectivity index (χ2v) is 10.9. The van der Waals surface area contributed by atoms with Crippen molar-refractivity contribution >= 4 is 23.4 Å². The molecule has 0 saturated carbocycles. The number of nitrogens with zero attached hydrogens (tertiary/aromatic N) is 7. The molecule has 4 aromatic rings. The van der Waals surface area contributed by atoms with Crippen molar-refractivity contribution in [2.75, 3.05) is 36.4 Å². The number of aromatic nitrogens is 5. The van der Waals surface area contributed by atoms with Gasteiger partial charge in [0, 0.05) is 49.3 Å². The van der Waals surface area contributed by atoms with Crippen LogP contribution < -0.4 is 10.2 Å². The number of rotatable bonds is 7. The highest BCUT2D eigenvalue weighted by atomic mass is 19.3. The molecular formula is C30H31F3N8O2. The number of carbonyl (C=O) groups excluding carboxylic acids is 1. The van der Waals surface area contributed by atoms with Gasteiger partial charge in [0.15, 0.2) is 0 Å². The van der Waals surface area contributed by atoms with Gasteiger partial charge in [0.05, 0.1) is 11.4 Å². The first kappa shape index (κ1) is 29.5. The first-order valence-electron chi connectivity index (χ1n) is 13.6. The molecule has 1 amide bonds. The molecule has 0 aliphatic carbocycles. The topological polar surface area (TPSA) is 101 Å². The summed E-state index contributed by atoms with van der Waals surface area (Å²) in [5.41, 5.74) is 2.36. The highest BCUT2D eigenvalue weighted by Gasteiger charge is 2.32. The van der Waals surface area contributed by atoms with Crippen molar-refractivity contribution < 1.29 is 22.7 Å². The first-order valence-corrected chi connectivity index (χ1v) is 13.6. The van der Waals surface area contributed by atoms with Gasteiger partial charge in [0.25, 0.3) is 0 Å². The van der Waals surface area contributed by atoms with E-state index in [9.17, 15) is 18.0 Å². The number of piperazine rings is 1. The molecule has 3 heterocycles. The molecule has 1 saturated heterocycles. The Hall–Kier alpha value is -4.94. The molecule has 10 nitrogen and oxygen atoms in total. The van der Waals surface area contributed by atoms with Crippen LogP contribution in [-0.2, 0) is 10.7 Å². The van der Waals surface area contributed by atoms with E-state index in [1.807, 2.05) is 31.7 Å². The van der Waals surface area contributed by atoms with Gasteiger partial charge in [-0.15, -0.1) is 5.10 Å². The number of anilines is 3. The number of ether oxygens (including phenoxy) is 1. The average molecular weight is 593 g/mol. The highest BCUT2D eigenvalue weighted by molar-refractivity contribution is 5.70. The summed E-state index contributed by atoms with van der Waals surface area (Å²) in [6, 6.07) is 13.2. The Labute approximate surface area is 246 Å². The number of carbonyl (C=O) groups is 1. The highest BCUT2D eigenvalue weighted by Crippen LogP contribution is 2.28. The summed E-state index contributed by atoms with van der Waals surface area (Å²) in [6.07, 6.45) is 2.91. The summed E-state index contributed by atoms with van der Waals surface area (Å²) in [5, 5.41) is 6.94. The van der Waals surface area contributed by atoms with Crippen LogP contribution in [0.4, 0.5) is 35.3 Å². The summed E-state index contributed by atoms with van der Waals surface area (Å²) >= 11 is 0. The van der Waals surface area contributed by atoms with Crippen LogP contribution in [-0.4, -0.2) is 67.5 Å². The Morgan fingerprint density at radius 3 is 2.40 bits per heavy atom. The molecule has 0 radical (unpaired) electrons. The lowest BCUT2D eigenvalue weighted by atomic mass is 10.1. The second-order valence-electron chi connectivity index (χ2n) is 10.9. The van der Waals surface area contributed by atoms with E-state index in [1.54, 1.807) is 41.4 Å². The molecule has 1 N–H and O–H groups in total. The maximum absolute atomic E-state index is 14.7. The van der Waals surface area contributed by atoms with E-state index in [-0.39, 0.29) is 12.0 Å². The molecule has 2 aromatic carbocycles. The standard InChI is InChI=1S/C30H31F3N8O2/c1-5-30(32,33)26-35-19-41(38-26)23-8-6-22(7-9-23)36-27-34-11-10-25(37-27)20-16-21(31)18-24(17-20)39-12-14-40(15-13-39)28(42)43-29(2,3)4/h5-11,16-19H,1,12-15H2,2-4H3,(H,34,36,37). The van der Waals surface area contributed by atoms with Gasteiger partial charge in [-0.2, -0.15) is 8.78 Å². The number of amides is 1. The van der Waals surface area contributed by atoms with Crippen LogP contribution in [0.5, 0.6) is 0 Å². The van der Waals surface area contributed by atoms with Gasteiger partial charge in [-0.1, -0.05) is 6.58 Å². The number of benzene rings is 2. The Bertz CT molecular complexity index is 1610. The Kier molecular flexibility index (Phi) is 8.07. The van der Waals surface area contributed by atoms with Crippen LogP contribution in [0.1, 0.15) is 26.6 Å². The molecule has 0 bridgehead atoms. The normalized spacial score (nSPS) is 14.0. The van der Waals surface area contributed by atoms with Crippen molar-refractivity contribution in [1.82, 2.24) is 29.6 Å². The van der Waals surface area contributed by atoms with Crippen LogP contribution >= 0.6 is 0 Å². The smallest absolute Gasteiger partial charge is 0.410 e. The molecule has 5 rings (SSSR count). The minimum atomic E-state index is -3.33. The molecule has 2 aromatic heterocycles. The summed E-state index contributed by atoms with van der Waals surface area (Å²) in [7, 11) is 0. The van der Waals surface area contributed by atoms with Crippen LogP contribution in [0.3, 0.4) is 0 Å². The van der Waals surface area contributed by atoms with E-state index in [0.717, 1.165) is 0 Å². The number of hydrogen-bond donors (Lipinski definition) is 1. The molecule has 13 heteroatoms. The monoisotopic (exact) mass is 592 g/mol. The fourth-order valence-electron chi connectivity index (χ4n) is 4.42. The lowest BCUT2D eigenvalue weighted by Gasteiger charge is -2.36. The lowest BCUT2D eigenvalue weighted by molar-refractivity contribution is 0.0240. The minimum Gasteiger partial charge on any atom is -0.444 e. The summed E-state index contributed by atoms with van der Waals surface area (Å²) in [5.74, 6) is -4.09. The number of alkyl halides is 2. The van der Waals surface area contributed by atoms with Crippen LogP contribution in [0.25, 0.3) is 16.9 Å². The van der Waals surface area contributed by atoms with Crippen molar-refractivity contribution in [3.63, 3.8) is 0 Å². The van der Waals surface area contributed by atoms with Crippen LogP contribution in [0, 0.1) is 5.82 Å². The van der Waals surface area contributed by atoms with Crippen LogP contribution in [0.2, 0.25) is 0 Å². The van der Waals surface area contributed by atoms with Crippen molar-refractivity contribution in [3.8, 4) is 16.9 Å². The maximum atomic E-state index is 14.7. The van der Waals surface area contributed by atoms with Crippen molar-refractivity contribution in [1.29, 1.82) is 0 Å².